The second kappa shape index (κ2) is 11.0. The van der Waals surface area contributed by atoms with Gasteiger partial charge in [0, 0.05) is 17.1 Å². The van der Waals surface area contributed by atoms with Crippen molar-refractivity contribution in [2.75, 3.05) is 19.1 Å². The number of hydrogen-bond acceptors (Lipinski definition) is 8. The molecular formula is C30H26N2O6S. The van der Waals surface area contributed by atoms with Crippen molar-refractivity contribution >= 4 is 33.9 Å². The van der Waals surface area contributed by atoms with Gasteiger partial charge in [-0.1, -0.05) is 35.9 Å². The largest absolute Gasteiger partial charge is 0.507 e. The van der Waals surface area contributed by atoms with Crippen molar-refractivity contribution < 1.29 is 28.9 Å². The van der Waals surface area contributed by atoms with Crippen LogP contribution in [0.2, 0.25) is 0 Å². The molecule has 1 aliphatic rings. The van der Waals surface area contributed by atoms with Gasteiger partial charge in [-0.2, -0.15) is 0 Å². The Hall–Kier alpha value is -4.63. The van der Waals surface area contributed by atoms with E-state index < -0.39 is 17.7 Å². The third-order valence-corrected chi connectivity index (χ3v) is 7.18. The molecule has 1 saturated heterocycles. The maximum absolute atomic E-state index is 13.3. The summed E-state index contributed by atoms with van der Waals surface area (Å²) in [5, 5.41) is 13.4. The number of aliphatic hydroxyl groups is 1. The zero-order valence-electron chi connectivity index (χ0n) is 21.6. The lowest BCUT2D eigenvalue weighted by Crippen LogP contribution is -2.29. The number of amides is 1. The SMILES string of the molecule is COc1ccc([C@@H]2C(=C(O)c3ccc(OCc4cccc(C)c4)cc3)C(=O)C(=O)N2c2nccs2)cc1OC. The predicted octanol–water partition coefficient (Wildman–Crippen LogP) is 5.67. The summed E-state index contributed by atoms with van der Waals surface area (Å²) < 4.78 is 16.7. The van der Waals surface area contributed by atoms with Gasteiger partial charge in [0.15, 0.2) is 16.6 Å². The lowest BCUT2D eigenvalue weighted by molar-refractivity contribution is -0.132. The third-order valence-electron chi connectivity index (χ3n) is 6.41. The van der Waals surface area contributed by atoms with E-state index in [-0.39, 0.29) is 11.3 Å². The van der Waals surface area contributed by atoms with Crippen molar-refractivity contribution in [2.45, 2.75) is 19.6 Å². The number of hydrogen-bond donors (Lipinski definition) is 1. The molecule has 0 saturated carbocycles. The molecule has 3 aromatic carbocycles. The van der Waals surface area contributed by atoms with Crippen LogP contribution in [0.5, 0.6) is 17.2 Å². The van der Waals surface area contributed by atoms with Crippen LogP contribution in [0.1, 0.15) is 28.3 Å². The molecule has 8 nitrogen and oxygen atoms in total. The van der Waals surface area contributed by atoms with Gasteiger partial charge in [-0.3, -0.25) is 14.5 Å². The van der Waals surface area contributed by atoms with Crippen LogP contribution in [0, 0.1) is 6.92 Å². The minimum Gasteiger partial charge on any atom is -0.507 e. The van der Waals surface area contributed by atoms with E-state index in [9.17, 15) is 14.7 Å². The molecule has 0 radical (unpaired) electrons. The number of rotatable bonds is 8. The quantitative estimate of drug-likeness (QED) is 0.174. The number of anilines is 1. The first kappa shape index (κ1) is 26.0. The normalized spacial score (nSPS) is 16.4. The van der Waals surface area contributed by atoms with E-state index in [1.165, 1.54) is 30.5 Å². The molecule has 5 rings (SSSR count). The Morgan fingerprint density at radius 1 is 1.00 bits per heavy atom. The number of aromatic nitrogens is 1. The number of benzene rings is 3. The van der Waals surface area contributed by atoms with E-state index in [0.29, 0.717) is 40.1 Å². The third kappa shape index (κ3) is 5.08. The monoisotopic (exact) mass is 542 g/mol. The molecule has 0 bridgehead atoms. The fourth-order valence-electron chi connectivity index (χ4n) is 4.54. The number of methoxy groups -OCH3 is 2. The van der Waals surface area contributed by atoms with Crippen LogP contribution in [-0.4, -0.2) is 36.0 Å². The summed E-state index contributed by atoms with van der Waals surface area (Å²) in [4.78, 5) is 32.1. The first-order chi connectivity index (χ1) is 18.9. The van der Waals surface area contributed by atoms with E-state index in [2.05, 4.69) is 11.1 Å². The van der Waals surface area contributed by atoms with Crippen LogP contribution in [0.15, 0.2) is 83.9 Å². The van der Waals surface area contributed by atoms with E-state index in [0.717, 1.165) is 11.1 Å². The summed E-state index contributed by atoms with van der Waals surface area (Å²) >= 11 is 1.22. The Morgan fingerprint density at radius 3 is 2.44 bits per heavy atom. The number of ether oxygens (including phenoxy) is 3. The number of aliphatic hydroxyl groups excluding tert-OH is 1. The molecule has 0 unspecified atom stereocenters. The van der Waals surface area contributed by atoms with Gasteiger partial charge in [0.1, 0.15) is 18.1 Å². The van der Waals surface area contributed by atoms with Crippen molar-refractivity contribution in [3.63, 3.8) is 0 Å². The van der Waals surface area contributed by atoms with Crippen molar-refractivity contribution in [1.82, 2.24) is 4.98 Å². The zero-order valence-corrected chi connectivity index (χ0v) is 22.4. The summed E-state index contributed by atoms with van der Waals surface area (Å²) in [7, 11) is 3.02. The van der Waals surface area contributed by atoms with Gasteiger partial charge in [-0.05, 0) is 54.4 Å². The summed E-state index contributed by atoms with van der Waals surface area (Å²) in [6, 6.07) is 19.0. The van der Waals surface area contributed by atoms with Gasteiger partial charge in [0.05, 0.1) is 25.8 Å². The summed E-state index contributed by atoms with van der Waals surface area (Å²) in [6.45, 7) is 2.42. The van der Waals surface area contributed by atoms with Crippen LogP contribution >= 0.6 is 11.3 Å². The van der Waals surface area contributed by atoms with E-state index in [1.54, 1.807) is 54.0 Å². The van der Waals surface area contributed by atoms with Crippen LogP contribution in [0.3, 0.4) is 0 Å². The van der Waals surface area contributed by atoms with Gasteiger partial charge in [-0.15, -0.1) is 11.3 Å². The molecule has 4 aromatic rings. The average Bonchev–Trinajstić information content (AvgIpc) is 3.58. The first-order valence-corrected chi connectivity index (χ1v) is 13.0. The lowest BCUT2D eigenvalue weighted by Gasteiger charge is -2.23. The number of ketones is 1. The number of nitrogens with zero attached hydrogens (tertiary/aromatic N) is 2. The topological polar surface area (TPSA) is 98.2 Å². The number of thiazole rings is 1. The Kier molecular flexibility index (Phi) is 7.33. The van der Waals surface area contributed by atoms with Crippen LogP contribution < -0.4 is 19.1 Å². The standard InChI is InChI=1S/C30H26N2O6S/c1-18-5-4-6-19(15-18)17-38-22-10-7-20(8-11-22)27(33)25-26(21-9-12-23(36-2)24(16-21)37-3)32(29(35)28(25)34)30-31-13-14-39-30/h4-16,26,33H,17H2,1-3H3/t26-/m1/s1. The number of aryl methyl sites for hydroxylation is 1. The zero-order chi connectivity index (χ0) is 27.5. The second-order valence-corrected chi connectivity index (χ2v) is 9.77. The molecule has 2 heterocycles. The minimum atomic E-state index is -0.923. The average molecular weight is 543 g/mol. The molecular weight excluding hydrogens is 516 g/mol. The van der Waals surface area contributed by atoms with Gasteiger partial charge in [0.2, 0.25) is 0 Å². The van der Waals surface area contributed by atoms with Crippen molar-refractivity contribution in [2.24, 2.45) is 0 Å². The van der Waals surface area contributed by atoms with E-state index in [4.69, 9.17) is 14.2 Å². The highest BCUT2D eigenvalue weighted by molar-refractivity contribution is 7.14. The molecule has 1 fully saturated rings. The van der Waals surface area contributed by atoms with Crippen molar-refractivity contribution in [1.29, 1.82) is 0 Å². The Morgan fingerprint density at radius 2 is 1.77 bits per heavy atom. The van der Waals surface area contributed by atoms with Crippen LogP contribution in [0.25, 0.3) is 5.76 Å². The summed E-state index contributed by atoms with van der Waals surface area (Å²) in [5.74, 6) is -0.347. The van der Waals surface area contributed by atoms with Crippen LogP contribution in [-0.2, 0) is 16.2 Å². The van der Waals surface area contributed by atoms with E-state index >= 15 is 0 Å². The van der Waals surface area contributed by atoms with Gasteiger partial charge in [-0.25, -0.2) is 4.98 Å². The Labute approximate surface area is 229 Å². The predicted molar refractivity (Wildman–Crippen MR) is 148 cm³/mol. The molecule has 1 aromatic heterocycles. The molecule has 198 valence electrons. The maximum Gasteiger partial charge on any atom is 0.301 e. The van der Waals surface area contributed by atoms with Gasteiger partial charge in [0.25, 0.3) is 5.78 Å². The molecule has 39 heavy (non-hydrogen) atoms. The molecule has 1 N–H and O–H groups in total. The fourth-order valence-corrected chi connectivity index (χ4v) is 5.20. The number of carbonyl (C=O) groups is 2. The summed E-state index contributed by atoms with van der Waals surface area (Å²) in [6.07, 6.45) is 1.56. The molecule has 0 aliphatic carbocycles. The molecule has 1 atom stereocenters. The maximum atomic E-state index is 13.3. The highest BCUT2D eigenvalue weighted by Gasteiger charge is 2.48. The molecule has 0 spiro atoms. The number of Topliss-reactive ketones (excluding diaryl/α,β-unsaturated/α-hetero) is 1. The van der Waals surface area contributed by atoms with Gasteiger partial charge >= 0.3 is 5.91 Å². The minimum absolute atomic E-state index is 0.0455. The van der Waals surface area contributed by atoms with Gasteiger partial charge < -0.3 is 19.3 Å². The highest BCUT2D eigenvalue weighted by Crippen LogP contribution is 2.44. The first-order valence-electron chi connectivity index (χ1n) is 12.1. The fraction of sp³-hybridized carbons (Fsp3) is 0.167. The smallest absolute Gasteiger partial charge is 0.301 e. The van der Waals surface area contributed by atoms with Crippen LogP contribution in [0.4, 0.5) is 5.13 Å². The number of carbonyl (C=O) groups excluding carboxylic acids is 2. The molecule has 1 amide bonds. The summed E-state index contributed by atoms with van der Waals surface area (Å²) in [5.41, 5.74) is 3.08. The highest BCUT2D eigenvalue weighted by atomic mass is 32.1. The Balaban J connectivity index is 1.52. The van der Waals surface area contributed by atoms with Crippen molar-refractivity contribution in [3.05, 3.63) is 106 Å². The molecule has 9 heteroatoms. The second-order valence-electron chi connectivity index (χ2n) is 8.90. The van der Waals surface area contributed by atoms with E-state index in [1.807, 2.05) is 25.1 Å². The van der Waals surface area contributed by atoms with Crippen molar-refractivity contribution in [3.8, 4) is 17.2 Å². The molecule has 1 aliphatic heterocycles. The lowest BCUT2D eigenvalue weighted by atomic mass is 9.95. The Bertz CT molecular complexity index is 1550.